The molecule has 0 N–H and O–H groups in total. The maximum Gasteiger partial charge on any atom is 0.358 e. The number of carbonyl (C=O) groups is 1. The molecule has 0 aliphatic rings. The van der Waals surface area contributed by atoms with Gasteiger partial charge < -0.3 is 4.74 Å². The van der Waals surface area contributed by atoms with Crippen LogP contribution in [0.3, 0.4) is 0 Å². The number of hydrogen-bond acceptors (Lipinski definition) is 4. The van der Waals surface area contributed by atoms with Gasteiger partial charge in [0.25, 0.3) is 0 Å². The second kappa shape index (κ2) is 3.86. The minimum absolute atomic E-state index is 0.252. The molecule has 0 aliphatic heterocycles. The van der Waals surface area contributed by atoms with Crippen LogP contribution in [-0.2, 0) is 4.74 Å². The minimum atomic E-state index is -0.464. The Morgan fingerprint density at radius 2 is 2.12 bits per heavy atom. The molecule has 2 aromatic rings. The van der Waals surface area contributed by atoms with Gasteiger partial charge in [-0.3, -0.25) is 4.40 Å². The van der Waals surface area contributed by atoms with Crippen LogP contribution in [0.2, 0.25) is 0 Å². The highest BCUT2D eigenvalue weighted by Gasteiger charge is 2.14. The van der Waals surface area contributed by atoms with Crippen LogP contribution in [0, 0.1) is 13.8 Å². The number of halogens is 1. The Bertz CT molecular complexity index is 577. The number of fused-ring (bicyclic) bond motifs is 1. The second-order valence-corrected chi connectivity index (χ2v) is 4.14. The zero-order valence-electron chi connectivity index (χ0n) is 9.11. The van der Waals surface area contributed by atoms with Crippen molar-refractivity contribution in [2.45, 2.75) is 13.8 Å². The lowest BCUT2D eigenvalue weighted by molar-refractivity contribution is 0.0593. The highest BCUT2D eigenvalue weighted by atomic mass is 79.9. The first-order valence-electron chi connectivity index (χ1n) is 4.64. The molecule has 2 heterocycles. The van der Waals surface area contributed by atoms with E-state index >= 15 is 0 Å². The number of rotatable bonds is 1. The number of esters is 1. The molecule has 84 valence electrons. The average Bonchev–Trinajstić information content (AvgIpc) is 2.56. The topological polar surface area (TPSA) is 56.5 Å². The van der Waals surface area contributed by atoms with E-state index in [1.54, 1.807) is 6.20 Å². The number of nitrogens with zero attached hydrogens (tertiary/aromatic N) is 3. The summed E-state index contributed by atoms with van der Waals surface area (Å²) >= 11 is 3.29. The van der Waals surface area contributed by atoms with Crippen LogP contribution in [0.4, 0.5) is 0 Å². The third kappa shape index (κ3) is 1.59. The van der Waals surface area contributed by atoms with Crippen LogP contribution >= 0.6 is 15.9 Å². The van der Waals surface area contributed by atoms with Crippen LogP contribution in [0.5, 0.6) is 0 Å². The van der Waals surface area contributed by atoms with E-state index in [4.69, 9.17) is 0 Å². The predicted octanol–water partition coefficient (Wildman–Crippen LogP) is 1.90. The smallest absolute Gasteiger partial charge is 0.358 e. The lowest BCUT2D eigenvalue weighted by Crippen LogP contribution is -2.07. The summed E-state index contributed by atoms with van der Waals surface area (Å²) in [6.45, 7) is 3.84. The Morgan fingerprint density at radius 1 is 1.44 bits per heavy atom. The predicted molar refractivity (Wildman–Crippen MR) is 61.5 cm³/mol. The highest BCUT2D eigenvalue weighted by Crippen LogP contribution is 2.19. The second-order valence-electron chi connectivity index (χ2n) is 3.38. The van der Waals surface area contributed by atoms with Crippen molar-refractivity contribution in [2.75, 3.05) is 7.11 Å². The third-order valence-electron chi connectivity index (χ3n) is 2.44. The van der Waals surface area contributed by atoms with Gasteiger partial charge in [0.15, 0.2) is 11.3 Å². The summed E-state index contributed by atoms with van der Waals surface area (Å²) in [4.78, 5) is 19.8. The number of aromatic nitrogens is 3. The van der Waals surface area contributed by atoms with Gasteiger partial charge >= 0.3 is 5.97 Å². The van der Waals surface area contributed by atoms with E-state index in [1.165, 1.54) is 7.11 Å². The number of ether oxygens (including phenoxy) is 1. The zero-order chi connectivity index (χ0) is 11.9. The number of methoxy groups -OCH3 is 1. The third-order valence-corrected chi connectivity index (χ3v) is 2.97. The number of aryl methyl sites for hydroxylation is 2. The van der Waals surface area contributed by atoms with Gasteiger partial charge in [-0.15, -0.1) is 0 Å². The maximum atomic E-state index is 11.4. The molecule has 16 heavy (non-hydrogen) atoms. The van der Waals surface area contributed by atoms with Gasteiger partial charge in [0, 0.05) is 11.9 Å². The maximum absolute atomic E-state index is 11.4. The van der Waals surface area contributed by atoms with Gasteiger partial charge in [-0.1, -0.05) is 0 Å². The fourth-order valence-electron chi connectivity index (χ4n) is 1.44. The summed E-state index contributed by atoms with van der Waals surface area (Å²) in [6.07, 6.45) is 1.63. The van der Waals surface area contributed by atoms with E-state index in [0.717, 1.165) is 11.4 Å². The Balaban J connectivity index is 2.75. The van der Waals surface area contributed by atoms with Crippen molar-refractivity contribution < 1.29 is 9.53 Å². The van der Waals surface area contributed by atoms with Crippen LogP contribution in [0.15, 0.2) is 10.8 Å². The van der Waals surface area contributed by atoms with Gasteiger partial charge in [-0.05, 0) is 29.8 Å². The normalized spacial score (nSPS) is 10.8. The van der Waals surface area contributed by atoms with Crippen molar-refractivity contribution in [3.63, 3.8) is 0 Å². The van der Waals surface area contributed by atoms with Crippen molar-refractivity contribution in [3.8, 4) is 0 Å². The molecular weight excluding hydrogens is 274 g/mol. The molecule has 6 heteroatoms. The summed E-state index contributed by atoms with van der Waals surface area (Å²) in [5, 5.41) is 0. The molecule has 0 atom stereocenters. The largest absolute Gasteiger partial charge is 0.464 e. The molecule has 2 rings (SSSR count). The van der Waals surface area contributed by atoms with Crippen molar-refractivity contribution >= 4 is 27.5 Å². The van der Waals surface area contributed by atoms with Gasteiger partial charge in [-0.2, -0.15) is 0 Å². The summed E-state index contributed by atoms with van der Waals surface area (Å²) < 4.78 is 6.98. The molecule has 0 aromatic carbocycles. The van der Waals surface area contributed by atoms with E-state index < -0.39 is 5.97 Å². The van der Waals surface area contributed by atoms with Crippen LogP contribution in [-0.4, -0.2) is 27.4 Å². The molecule has 0 amide bonds. The summed E-state index contributed by atoms with van der Waals surface area (Å²) in [6, 6.07) is 0. The fraction of sp³-hybridized carbons (Fsp3) is 0.300. The van der Waals surface area contributed by atoms with E-state index in [2.05, 4.69) is 30.6 Å². The van der Waals surface area contributed by atoms with Crippen molar-refractivity contribution in [3.05, 3.63) is 27.9 Å². The fourth-order valence-corrected chi connectivity index (χ4v) is 1.91. The van der Waals surface area contributed by atoms with Crippen LogP contribution in [0.1, 0.15) is 21.9 Å². The molecule has 0 saturated carbocycles. The summed E-state index contributed by atoms with van der Waals surface area (Å²) in [7, 11) is 1.33. The van der Waals surface area contributed by atoms with E-state index in [0.29, 0.717) is 10.3 Å². The summed E-state index contributed by atoms with van der Waals surface area (Å²) in [5.74, 6) is -0.464. The molecule has 0 aliphatic carbocycles. The Kier molecular flexibility index (Phi) is 2.67. The molecule has 0 saturated heterocycles. The first-order valence-corrected chi connectivity index (χ1v) is 5.44. The lowest BCUT2D eigenvalue weighted by Gasteiger charge is -2.02. The Hall–Kier alpha value is -1.43. The van der Waals surface area contributed by atoms with Gasteiger partial charge in [0.1, 0.15) is 4.60 Å². The zero-order valence-corrected chi connectivity index (χ0v) is 10.7. The number of carbonyl (C=O) groups excluding carboxylic acids is 1. The molecule has 2 aromatic heterocycles. The SMILES string of the molecule is COC(=O)c1cn2c(C)c(C)nc2c(Br)n1. The van der Waals surface area contributed by atoms with Gasteiger partial charge in [-0.25, -0.2) is 14.8 Å². The van der Waals surface area contributed by atoms with Crippen LogP contribution in [0.25, 0.3) is 5.65 Å². The first kappa shape index (κ1) is 11.1. The molecule has 0 radical (unpaired) electrons. The Morgan fingerprint density at radius 3 is 2.75 bits per heavy atom. The van der Waals surface area contributed by atoms with Gasteiger partial charge in [0.2, 0.25) is 0 Å². The molecule has 0 fully saturated rings. The minimum Gasteiger partial charge on any atom is -0.464 e. The molecule has 0 bridgehead atoms. The highest BCUT2D eigenvalue weighted by molar-refractivity contribution is 9.10. The summed E-state index contributed by atoms with van der Waals surface area (Å²) in [5.41, 5.74) is 2.83. The average molecular weight is 284 g/mol. The standard InChI is InChI=1S/C10H10BrN3O2/c1-5-6(2)14-4-7(10(15)16-3)13-8(11)9(14)12-5/h4H,1-3H3. The molecule has 0 unspecified atom stereocenters. The van der Waals surface area contributed by atoms with E-state index in [9.17, 15) is 4.79 Å². The van der Waals surface area contributed by atoms with Gasteiger partial charge in [0.05, 0.1) is 12.8 Å². The van der Waals surface area contributed by atoms with Crippen molar-refractivity contribution in [1.29, 1.82) is 0 Å². The lowest BCUT2D eigenvalue weighted by atomic mass is 10.4. The van der Waals surface area contributed by atoms with Crippen molar-refractivity contribution in [1.82, 2.24) is 14.4 Å². The molecular formula is C10H10BrN3O2. The van der Waals surface area contributed by atoms with E-state index in [1.807, 2.05) is 18.2 Å². The molecule has 0 spiro atoms. The monoisotopic (exact) mass is 283 g/mol. The first-order chi connectivity index (χ1) is 7.54. The van der Waals surface area contributed by atoms with E-state index in [-0.39, 0.29) is 5.69 Å². The number of hydrogen-bond donors (Lipinski definition) is 0. The van der Waals surface area contributed by atoms with Crippen LogP contribution < -0.4 is 0 Å². The van der Waals surface area contributed by atoms with Crippen molar-refractivity contribution in [2.24, 2.45) is 0 Å². The Labute approximate surface area is 101 Å². The quantitative estimate of drug-likeness (QED) is 0.750. The number of imidazole rings is 1. The molecule has 5 nitrogen and oxygen atoms in total.